The fourth-order valence-electron chi connectivity index (χ4n) is 4.63. The largest absolute Gasteiger partial charge is 0.340 e. The number of aromatic amines is 1. The molecule has 3 aromatic rings. The third kappa shape index (κ3) is 5.31. The molecule has 3 heterocycles. The standard InChI is InChI=1S/C27H31N5O3/c1-3-9-22-16-23(30-29-22)19-31(2)24(33)17-27(20-10-5-4-6-11-20)18-25(34)32(26(27)35)15-13-21-12-7-8-14-28-21/h4-8,10-12,14,16H,3,9,13,15,17-19H2,1-2H3,(H,29,30)/t27-/m1/s1. The van der Waals surface area contributed by atoms with Crippen molar-refractivity contribution in [3.63, 3.8) is 0 Å². The van der Waals surface area contributed by atoms with E-state index >= 15 is 0 Å². The second-order valence-electron chi connectivity index (χ2n) is 9.11. The van der Waals surface area contributed by atoms with E-state index in [1.165, 1.54) is 4.90 Å². The maximum absolute atomic E-state index is 13.7. The third-order valence-electron chi connectivity index (χ3n) is 6.53. The normalized spacial score (nSPS) is 17.7. The van der Waals surface area contributed by atoms with Crippen molar-refractivity contribution < 1.29 is 14.4 Å². The Morgan fingerprint density at radius 2 is 1.86 bits per heavy atom. The highest BCUT2D eigenvalue weighted by molar-refractivity contribution is 6.10. The van der Waals surface area contributed by atoms with Crippen LogP contribution in [0.2, 0.25) is 0 Å². The van der Waals surface area contributed by atoms with Gasteiger partial charge in [-0.2, -0.15) is 5.10 Å². The summed E-state index contributed by atoms with van der Waals surface area (Å²) in [5, 5.41) is 7.27. The number of hydrogen-bond acceptors (Lipinski definition) is 5. The highest BCUT2D eigenvalue weighted by atomic mass is 16.2. The number of aromatic nitrogens is 3. The van der Waals surface area contributed by atoms with Gasteiger partial charge in [-0.05, 0) is 30.2 Å². The second kappa shape index (κ2) is 10.6. The molecule has 1 saturated heterocycles. The molecule has 0 radical (unpaired) electrons. The average molecular weight is 474 g/mol. The van der Waals surface area contributed by atoms with Crippen LogP contribution in [0, 0.1) is 0 Å². The van der Waals surface area contributed by atoms with Gasteiger partial charge in [-0.15, -0.1) is 0 Å². The van der Waals surface area contributed by atoms with Crippen molar-refractivity contribution in [3.05, 3.63) is 83.4 Å². The summed E-state index contributed by atoms with van der Waals surface area (Å²) in [6, 6.07) is 16.7. The van der Waals surface area contributed by atoms with Gasteiger partial charge in [-0.1, -0.05) is 49.7 Å². The predicted octanol–water partition coefficient (Wildman–Crippen LogP) is 3.05. The fraction of sp³-hybridized carbons (Fsp3) is 0.370. The van der Waals surface area contributed by atoms with Crippen LogP contribution in [0.3, 0.4) is 0 Å². The van der Waals surface area contributed by atoms with Crippen molar-refractivity contribution in [2.75, 3.05) is 13.6 Å². The van der Waals surface area contributed by atoms with Crippen LogP contribution in [0.4, 0.5) is 0 Å². The number of carbonyl (C=O) groups is 3. The molecule has 8 nitrogen and oxygen atoms in total. The Hall–Kier alpha value is -3.81. The zero-order valence-electron chi connectivity index (χ0n) is 20.2. The molecule has 0 spiro atoms. The molecule has 0 bridgehead atoms. The van der Waals surface area contributed by atoms with Crippen LogP contribution in [0.1, 0.15) is 48.8 Å². The quantitative estimate of drug-likeness (QED) is 0.456. The van der Waals surface area contributed by atoms with Crippen LogP contribution in [-0.2, 0) is 39.2 Å². The summed E-state index contributed by atoms with van der Waals surface area (Å²) in [5.41, 5.74) is 2.08. The van der Waals surface area contributed by atoms with E-state index in [0.29, 0.717) is 18.5 Å². The molecule has 0 saturated carbocycles. The van der Waals surface area contributed by atoms with Gasteiger partial charge in [0.15, 0.2) is 0 Å². The third-order valence-corrected chi connectivity index (χ3v) is 6.53. The first-order chi connectivity index (χ1) is 16.9. The van der Waals surface area contributed by atoms with E-state index in [4.69, 9.17) is 0 Å². The molecule has 1 N–H and O–H groups in total. The lowest BCUT2D eigenvalue weighted by Gasteiger charge is -2.29. The predicted molar refractivity (Wildman–Crippen MR) is 131 cm³/mol. The molecular formula is C27H31N5O3. The zero-order valence-corrected chi connectivity index (χ0v) is 20.2. The number of rotatable bonds is 10. The van der Waals surface area contributed by atoms with E-state index in [1.807, 2.05) is 54.6 Å². The van der Waals surface area contributed by atoms with Gasteiger partial charge in [-0.25, -0.2) is 0 Å². The molecule has 0 aliphatic carbocycles. The number of carbonyl (C=O) groups excluding carboxylic acids is 3. The monoisotopic (exact) mass is 473 g/mol. The Kier molecular flexibility index (Phi) is 7.39. The lowest BCUT2D eigenvalue weighted by Crippen LogP contribution is -2.43. The number of hydrogen-bond donors (Lipinski definition) is 1. The minimum absolute atomic E-state index is 0.0254. The van der Waals surface area contributed by atoms with Gasteiger partial charge >= 0.3 is 0 Å². The van der Waals surface area contributed by atoms with Crippen LogP contribution >= 0.6 is 0 Å². The highest BCUT2D eigenvalue weighted by Gasteiger charge is 2.53. The lowest BCUT2D eigenvalue weighted by atomic mass is 9.75. The highest BCUT2D eigenvalue weighted by Crippen LogP contribution is 2.40. The SMILES string of the molecule is CCCc1cc(CN(C)C(=O)C[C@]2(c3ccccc3)CC(=O)N(CCc3ccccn3)C2=O)[nH]n1. The molecule has 0 unspecified atom stereocenters. The number of nitrogens with zero attached hydrogens (tertiary/aromatic N) is 4. The average Bonchev–Trinajstić information content (AvgIpc) is 3.40. The van der Waals surface area contributed by atoms with Crippen LogP contribution in [0.25, 0.3) is 0 Å². The van der Waals surface area contributed by atoms with E-state index in [2.05, 4.69) is 22.1 Å². The van der Waals surface area contributed by atoms with E-state index in [-0.39, 0.29) is 37.1 Å². The molecular weight excluding hydrogens is 442 g/mol. The number of H-pyrrole nitrogens is 1. The molecule has 1 fully saturated rings. The molecule has 1 aromatic carbocycles. The van der Waals surface area contributed by atoms with Crippen LogP contribution < -0.4 is 0 Å². The summed E-state index contributed by atoms with van der Waals surface area (Å²) in [6.45, 7) is 2.68. The smallest absolute Gasteiger partial charge is 0.240 e. The zero-order chi connectivity index (χ0) is 24.8. The van der Waals surface area contributed by atoms with Crippen molar-refractivity contribution >= 4 is 17.7 Å². The Bertz CT molecular complexity index is 1180. The lowest BCUT2D eigenvalue weighted by molar-refractivity contribution is -0.142. The van der Waals surface area contributed by atoms with Gasteiger partial charge in [-0.3, -0.25) is 29.4 Å². The first-order valence-corrected chi connectivity index (χ1v) is 12.0. The number of pyridine rings is 1. The minimum atomic E-state index is -1.21. The topological polar surface area (TPSA) is 99.3 Å². The number of amides is 3. The van der Waals surface area contributed by atoms with Crippen molar-refractivity contribution in [1.82, 2.24) is 25.0 Å². The molecule has 182 valence electrons. The Morgan fingerprint density at radius 3 is 2.57 bits per heavy atom. The van der Waals surface area contributed by atoms with Gasteiger partial charge < -0.3 is 4.90 Å². The number of likely N-dealkylation sites (tertiary alicyclic amines) is 1. The number of benzene rings is 1. The van der Waals surface area contributed by atoms with Crippen molar-refractivity contribution in [1.29, 1.82) is 0 Å². The summed E-state index contributed by atoms with van der Waals surface area (Å²) in [4.78, 5) is 47.3. The van der Waals surface area contributed by atoms with Gasteiger partial charge in [0.05, 0.1) is 23.3 Å². The van der Waals surface area contributed by atoms with Crippen LogP contribution in [0.5, 0.6) is 0 Å². The van der Waals surface area contributed by atoms with Gasteiger partial charge in [0.1, 0.15) is 0 Å². The maximum atomic E-state index is 13.7. The Labute approximate surface area is 205 Å². The molecule has 35 heavy (non-hydrogen) atoms. The van der Waals surface area contributed by atoms with Crippen molar-refractivity contribution in [2.24, 2.45) is 0 Å². The van der Waals surface area contributed by atoms with Crippen molar-refractivity contribution in [3.8, 4) is 0 Å². The van der Waals surface area contributed by atoms with Gasteiger partial charge in [0.25, 0.3) is 0 Å². The van der Waals surface area contributed by atoms with Crippen molar-refractivity contribution in [2.45, 2.75) is 51.0 Å². The van der Waals surface area contributed by atoms with Gasteiger partial charge in [0.2, 0.25) is 17.7 Å². The number of nitrogens with one attached hydrogen (secondary N) is 1. The second-order valence-corrected chi connectivity index (χ2v) is 9.11. The van der Waals surface area contributed by atoms with E-state index in [0.717, 1.165) is 29.9 Å². The number of imide groups is 1. The molecule has 8 heteroatoms. The van der Waals surface area contributed by atoms with E-state index < -0.39 is 5.41 Å². The summed E-state index contributed by atoms with van der Waals surface area (Å²) in [7, 11) is 1.71. The summed E-state index contributed by atoms with van der Waals surface area (Å²) < 4.78 is 0. The molecule has 1 aliphatic heterocycles. The minimum Gasteiger partial charge on any atom is -0.340 e. The molecule has 2 aromatic heterocycles. The van der Waals surface area contributed by atoms with E-state index in [9.17, 15) is 14.4 Å². The summed E-state index contributed by atoms with van der Waals surface area (Å²) in [5.74, 6) is -0.783. The molecule has 1 aliphatic rings. The molecule has 3 amide bonds. The summed E-state index contributed by atoms with van der Waals surface area (Å²) >= 11 is 0. The fourth-order valence-corrected chi connectivity index (χ4v) is 4.63. The maximum Gasteiger partial charge on any atom is 0.240 e. The molecule has 1 atom stereocenters. The van der Waals surface area contributed by atoms with Gasteiger partial charge in [0, 0.05) is 44.7 Å². The first kappa shape index (κ1) is 24.3. The Morgan fingerprint density at radius 1 is 1.09 bits per heavy atom. The molecule has 4 rings (SSSR count). The Balaban J connectivity index is 1.53. The van der Waals surface area contributed by atoms with E-state index in [1.54, 1.807) is 18.1 Å². The summed E-state index contributed by atoms with van der Waals surface area (Å²) in [6.07, 6.45) is 3.92. The van der Waals surface area contributed by atoms with Crippen LogP contribution in [-0.4, -0.2) is 56.3 Å². The number of aryl methyl sites for hydroxylation is 1. The first-order valence-electron chi connectivity index (χ1n) is 12.0. The van der Waals surface area contributed by atoms with Crippen LogP contribution in [0.15, 0.2) is 60.8 Å².